The van der Waals surface area contributed by atoms with Gasteiger partial charge in [-0.2, -0.15) is 0 Å². The van der Waals surface area contributed by atoms with Crippen LogP contribution in [0.3, 0.4) is 0 Å². The molecule has 158 valence electrons. The fraction of sp³-hybridized carbons (Fsp3) is 0.591. The summed E-state index contributed by atoms with van der Waals surface area (Å²) in [6, 6.07) is 10.00. The highest BCUT2D eigenvalue weighted by atomic mass is 35.5. The van der Waals surface area contributed by atoms with Gasteiger partial charge in [-0.05, 0) is 31.7 Å². The molecular weight excluding hydrogens is 390 g/mol. The fourth-order valence-electron chi connectivity index (χ4n) is 4.21. The summed E-state index contributed by atoms with van der Waals surface area (Å²) in [7, 11) is 0. The third kappa shape index (κ3) is 5.50. The maximum absolute atomic E-state index is 13.0. The first-order valence-corrected chi connectivity index (χ1v) is 11.0. The van der Waals surface area contributed by atoms with Crippen LogP contribution >= 0.6 is 11.6 Å². The smallest absolute Gasteiger partial charge is 0.227 e. The van der Waals surface area contributed by atoms with Crippen LogP contribution in [0.15, 0.2) is 30.3 Å². The molecule has 2 aliphatic heterocycles. The van der Waals surface area contributed by atoms with Crippen molar-refractivity contribution in [2.45, 2.75) is 51.1 Å². The Labute approximate surface area is 177 Å². The summed E-state index contributed by atoms with van der Waals surface area (Å²) in [5.41, 5.74) is 1.08. The van der Waals surface area contributed by atoms with Crippen LogP contribution in [0, 0.1) is 5.92 Å². The molecular formula is C22H30ClN3O3. The van der Waals surface area contributed by atoms with Crippen molar-refractivity contribution in [1.29, 1.82) is 0 Å². The van der Waals surface area contributed by atoms with Gasteiger partial charge in [-0.15, -0.1) is 11.6 Å². The Morgan fingerprint density at radius 2 is 1.90 bits per heavy atom. The number of carbonyl (C=O) groups is 3. The topological polar surface area (TPSA) is 69.7 Å². The average molecular weight is 420 g/mol. The largest absolute Gasteiger partial charge is 0.353 e. The number of halogens is 1. The fourth-order valence-corrected chi connectivity index (χ4v) is 4.35. The maximum Gasteiger partial charge on any atom is 0.227 e. The lowest BCUT2D eigenvalue weighted by Crippen LogP contribution is -2.48. The van der Waals surface area contributed by atoms with Crippen molar-refractivity contribution >= 4 is 29.3 Å². The lowest BCUT2D eigenvalue weighted by atomic mass is 10.0. The van der Waals surface area contributed by atoms with Crippen molar-refractivity contribution < 1.29 is 14.4 Å². The molecule has 1 aromatic carbocycles. The highest BCUT2D eigenvalue weighted by Crippen LogP contribution is 2.30. The Kier molecular flexibility index (Phi) is 7.53. The molecule has 6 nitrogen and oxygen atoms in total. The summed E-state index contributed by atoms with van der Waals surface area (Å²) in [4.78, 5) is 41.0. The van der Waals surface area contributed by atoms with Crippen LogP contribution in [0.1, 0.15) is 50.6 Å². The zero-order valence-corrected chi connectivity index (χ0v) is 17.7. The molecule has 0 bridgehead atoms. The van der Waals surface area contributed by atoms with E-state index in [2.05, 4.69) is 5.32 Å². The van der Waals surface area contributed by atoms with Crippen LogP contribution in [0.5, 0.6) is 0 Å². The Bertz CT molecular complexity index is 719. The number of benzene rings is 1. The number of amides is 3. The minimum absolute atomic E-state index is 0.0300. The molecule has 2 heterocycles. The Morgan fingerprint density at radius 1 is 1.21 bits per heavy atom. The van der Waals surface area contributed by atoms with Gasteiger partial charge in [-0.1, -0.05) is 30.3 Å². The number of likely N-dealkylation sites (tertiary alicyclic amines) is 2. The molecule has 3 amide bonds. The van der Waals surface area contributed by atoms with Crippen molar-refractivity contribution in [2.24, 2.45) is 5.92 Å². The normalized spacial score (nSPS) is 21.3. The van der Waals surface area contributed by atoms with Crippen LogP contribution in [0.25, 0.3) is 0 Å². The molecule has 29 heavy (non-hydrogen) atoms. The van der Waals surface area contributed by atoms with E-state index in [9.17, 15) is 14.4 Å². The van der Waals surface area contributed by atoms with Gasteiger partial charge in [-0.25, -0.2) is 0 Å². The monoisotopic (exact) mass is 419 g/mol. The van der Waals surface area contributed by atoms with E-state index < -0.39 is 0 Å². The number of nitrogens with zero attached hydrogens (tertiary/aromatic N) is 2. The zero-order valence-electron chi connectivity index (χ0n) is 17.0. The molecule has 2 atom stereocenters. The number of piperidine rings is 1. The molecule has 0 saturated carbocycles. The van der Waals surface area contributed by atoms with Gasteiger partial charge in [0.1, 0.15) is 0 Å². The minimum Gasteiger partial charge on any atom is -0.353 e. The van der Waals surface area contributed by atoms with Crippen molar-refractivity contribution in [3.63, 3.8) is 0 Å². The molecule has 2 saturated heterocycles. The van der Waals surface area contributed by atoms with Crippen molar-refractivity contribution in [1.82, 2.24) is 15.1 Å². The third-order valence-electron chi connectivity index (χ3n) is 5.97. The van der Waals surface area contributed by atoms with Gasteiger partial charge in [0.15, 0.2) is 0 Å². The molecule has 1 N–H and O–H groups in total. The summed E-state index contributed by atoms with van der Waals surface area (Å²) in [6.07, 6.45) is 2.91. The SMILES string of the molecule is CC(c1ccccc1)N1CC(C(=O)N2CCC(NC(=O)CCCCl)CC2)CC1=O. The first-order chi connectivity index (χ1) is 14.0. The van der Waals surface area contributed by atoms with Crippen LogP contribution in [-0.4, -0.2) is 59.1 Å². The van der Waals surface area contributed by atoms with Gasteiger partial charge in [0, 0.05) is 44.4 Å². The van der Waals surface area contributed by atoms with Crippen LogP contribution in [0.4, 0.5) is 0 Å². The van der Waals surface area contributed by atoms with E-state index in [1.165, 1.54) is 0 Å². The number of hydrogen-bond acceptors (Lipinski definition) is 3. The number of carbonyl (C=O) groups excluding carboxylic acids is 3. The van der Waals surface area contributed by atoms with Gasteiger partial charge >= 0.3 is 0 Å². The first-order valence-electron chi connectivity index (χ1n) is 10.5. The Morgan fingerprint density at radius 3 is 2.55 bits per heavy atom. The second kappa shape index (κ2) is 10.1. The summed E-state index contributed by atoms with van der Waals surface area (Å²) < 4.78 is 0. The second-order valence-electron chi connectivity index (χ2n) is 7.99. The number of nitrogens with one attached hydrogen (secondary N) is 1. The minimum atomic E-state index is -0.275. The highest BCUT2D eigenvalue weighted by Gasteiger charge is 2.39. The lowest BCUT2D eigenvalue weighted by molar-refractivity contribution is -0.137. The number of rotatable bonds is 7. The molecule has 0 spiro atoms. The standard InChI is InChI=1S/C22H30ClN3O3/c1-16(17-6-3-2-4-7-17)26-15-18(14-21(26)28)22(29)25-12-9-19(10-13-25)24-20(27)8-5-11-23/h2-4,6-7,16,18-19H,5,8-15H2,1H3,(H,24,27). The van der Waals surface area contributed by atoms with E-state index >= 15 is 0 Å². The highest BCUT2D eigenvalue weighted by molar-refractivity contribution is 6.17. The zero-order chi connectivity index (χ0) is 20.8. The van der Waals surface area contributed by atoms with E-state index in [1.54, 1.807) is 0 Å². The Hall–Kier alpha value is -2.08. The van der Waals surface area contributed by atoms with E-state index in [4.69, 9.17) is 11.6 Å². The molecule has 2 unspecified atom stereocenters. The first kappa shape index (κ1) is 21.6. The van der Waals surface area contributed by atoms with Gasteiger partial charge in [-0.3, -0.25) is 14.4 Å². The van der Waals surface area contributed by atoms with E-state index in [-0.39, 0.29) is 42.1 Å². The maximum atomic E-state index is 13.0. The van der Waals surface area contributed by atoms with E-state index in [1.807, 2.05) is 47.1 Å². The quantitative estimate of drug-likeness (QED) is 0.691. The van der Waals surface area contributed by atoms with Crippen LogP contribution < -0.4 is 5.32 Å². The predicted molar refractivity (Wildman–Crippen MR) is 112 cm³/mol. The molecule has 1 aromatic rings. The molecule has 0 radical (unpaired) electrons. The predicted octanol–water partition coefficient (Wildman–Crippen LogP) is 2.72. The third-order valence-corrected chi connectivity index (χ3v) is 6.23. The number of hydrogen-bond donors (Lipinski definition) is 1. The van der Waals surface area contributed by atoms with Gasteiger partial charge in [0.25, 0.3) is 0 Å². The summed E-state index contributed by atoms with van der Waals surface area (Å²) in [6.45, 7) is 3.73. The van der Waals surface area contributed by atoms with E-state index in [0.717, 1.165) is 18.4 Å². The number of alkyl halides is 1. The molecule has 0 aliphatic carbocycles. The summed E-state index contributed by atoms with van der Waals surface area (Å²) >= 11 is 5.63. The van der Waals surface area contributed by atoms with Crippen molar-refractivity contribution in [3.8, 4) is 0 Å². The molecule has 2 fully saturated rings. The van der Waals surface area contributed by atoms with Gasteiger partial charge < -0.3 is 15.1 Å². The van der Waals surface area contributed by atoms with E-state index in [0.29, 0.717) is 38.4 Å². The summed E-state index contributed by atoms with van der Waals surface area (Å²) in [5.74, 6) is 0.348. The van der Waals surface area contributed by atoms with Crippen molar-refractivity contribution in [2.75, 3.05) is 25.5 Å². The second-order valence-corrected chi connectivity index (χ2v) is 8.37. The van der Waals surface area contributed by atoms with Crippen molar-refractivity contribution in [3.05, 3.63) is 35.9 Å². The molecule has 3 rings (SSSR count). The van der Waals surface area contributed by atoms with Crippen LogP contribution in [0.2, 0.25) is 0 Å². The van der Waals surface area contributed by atoms with Gasteiger partial charge in [0.05, 0.1) is 12.0 Å². The van der Waals surface area contributed by atoms with Gasteiger partial charge in [0.2, 0.25) is 17.7 Å². The average Bonchev–Trinajstić information content (AvgIpc) is 3.14. The Balaban J connectivity index is 1.49. The molecule has 0 aromatic heterocycles. The van der Waals surface area contributed by atoms with Crippen LogP contribution in [-0.2, 0) is 14.4 Å². The lowest BCUT2D eigenvalue weighted by Gasteiger charge is -2.34. The molecule has 2 aliphatic rings. The molecule has 7 heteroatoms. The summed E-state index contributed by atoms with van der Waals surface area (Å²) in [5, 5.41) is 3.03.